The maximum atomic E-state index is 12.3. The monoisotopic (exact) mass is 361 g/mol. The topological polar surface area (TPSA) is 55.4 Å². The number of fused-ring (bicyclic) bond motifs is 5. The predicted octanol–water partition coefficient (Wildman–Crippen LogP) is 4.10. The van der Waals surface area contributed by atoms with Crippen molar-refractivity contribution in [3.8, 4) is 0 Å². The third-order valence-electron chi connectivity index (χ3n) is 8.17. The van der Waals surface area contributed by atoms with Gasteiger partial charge >= 0.3 is 5.97 Å². The van der Waals surface area contributed by atoms with E-state index in [0.29, 0.717) is 17.8 Å². The lowest BCUT2D eigenvalue weighted by Gasteiger charge is -2.58. The summed E-state index contributed by atoms with van der Waals surface area (Å²) in [5, 5.41) is 3.20. The SMILES string of the molecule is CC.COC(=O)C1CCC2C3CCC4NC(=O)C=C[C@]4(C)C3CC[C@]12C. The first-order chi connectivity index (χ1) is 12.4. The van der Waals surface area contributed by atoms with E-state index in [-0.39, 0.29) is 34.7 Å². The number of hydrogen-bond acceptors (Lipinski definition) is 3. The first-order valence-electron chi connectivity index (χ1n) is 10.5. The van der Waals surface area contributed by atoms with Crippen LogP contribution in [0.25, 0.3) is 0 Å². The second-order valence-electron chi connectivity index (χ2n) is 8.91. The summed E-state index contributed by atoms with van der Waals surface area (Å²) in [6.45, 7) is 8.66. The molecule has 5 unspecified atom stereocenters. The molecular weight excluding hydrogens is 326 g/mol. The molecule has 4 nitrogen and oxygen atoms in total. The van der Waals surface area contributed by atoms with E-state index in [4.69, 9.17) is 4.74 Å². The van der Waals surface area contributed by atoms with Gasteiger partial charge < -0.3 is 10.1 Å². The van der Waals surface area contributed by atoms with Crippen molar-refractivity contribution in [2.45, 2.75) is 72.3 Å². The summed E-state index contributed by atoms with van der Waals surface area (Å²) < 4.78 is 5.10. The summed E-state index contributed by atoms with van der Waals surface area (Å²) in [6, 6.07) is 0.276. The van der Waals surface area contributed by atoms with Crippen molar-refractivity contribution in [1.29, 1.82) is 0 Å². The molecule has 0 spiro atoms. The van der Waals surface area contributed by atoms with Gasteiger partial charge in [-0.05, 0) is 67.8 Å². The third kappa shape index (κ3) is 2.71. The van der Waals surface area contributed by atoms with Gasteiger partial charge in [0, 0.05) is 11.5 Å². The van der Waals surface area contributed by atoms with Gasteiger partial charge in [0.2, 0.25) is 5.91 Å². The van der Waals surface area contributed by atoms with Crippen molar-refractivity contribution in [3.63, 3.8) is 0 Å². The molecule has 1 aliphatic heterocycles. The zero-order valence-corrected chi connectivity index (χ0v) is 17.0. The van der Waals surface area contributed by atoms with Crippen molar-refractivity contribution >= 4 is 11.9 Å². The van der Waals surface area contributed by atoms with Gasteiger partial charge in [0.25, 0.3) is 0 Å². The Morgan fingerprint density at radius 2 is 1.85 bits per heavy atom. The molecule has 7 atom stereocenters. The van der Waals surface area contributed by atoms with E-state index in [1.165, 1.54) is 13.5 Å². The van der Waals surface area contributed by atoms with Crippen LogP contribution in [-0.4, -0.2) is 25.0 Å². The van der Waals surface area contributed by atoms with Gasteiger partial charge in [0.15, 0.2) is 0 Å². The Kier molecular flexibility index (Phi) is 5.24. The minimum absolute atomic E-state index is 0.0110. The molecule has 1 heterocycles. The van der Waals surface area contributed by atoms with Gasteiger partial charge in [-0.2, -0.15) is 0 Å². The van der Waals surface area contributed by atoms with Crippen LogP contribution in [0.3, 0.4) is 0 Å². The van der Waals surface area contributed by atoms with Gasteiger partial charge in [-0.25, -0.2) is 0 Å². The fraction of sp³-hybridized carbons (Fsp3) is 0.818. The first-order valence-corrected chi connectivity index (χ1v) is 10.5. The van der Waals surface area contributed by atoms with Crippen LogP contribution in [0.5, 0.6) is 0 Å². The Hall–Kier alpha value is -1.32. The molecule has 4 rings (SSSR count). The minimum atomic E-state index is -0.0110. The fourth-order valence-corrected chi connectivity index (χ4v) is 6.86. The molecule has 4 aliphatic rings. The molecule has 0 bridgehead atoms. The van der Waals surface area contributed by atoms with Gasteiger partial charge in [0.05, 0.1) is 13.0 Å². The van der Waals surface area contributed by atoms with Crippen LogP contribution in [0.15, 0.2) is 12.2 Å². The molecule has 3 saturated carbocycles. The molecule has 26 heavy (non-hydrogen) atoms. The standard InChI is InChI=1S/C20H29NO3.C2H6/c1-19-10-8-14-12(13(19)5-6-15(19)18(23)24-3)4-7-16-20(14,2)11-9-17(22)21-16;1-2/h9,11-16H,4-8,10H2,1-3H3,(H,21,22);1-2H3/t12?,13?,14?,15?,16?,19-,20+;/m0./s1. The Morgan fingerprint density at radius 3 is 2.54 bits per heavy atom. The van der Waals surface area contributed by atoms with E-state index in [2.05, 4.69) is 25.2 Å². The summed E-state index contributed by atoms with van der Waals surface area (Å²) in [5.41, 5.74) is 0.167. The Bertz CT molecular complexity index is 600. The van der Waals surface area contributed by atoms with Crippen molar-refractivity contribution in [2.75, 3.05) is 7.11 Å². The van der Waals surface area contributed by atoms with Gasteiger partial charge in [-0.3, -0.25) is 9.59 Å². The highest BCUT2D eigenvalue weighted by Gasteiger charge is 2.61. The molecule has 1 amide bonds. The highest BCUT2D eigenvalue weighted by molar-refractivity contribution is 5.89. The Morgan fingerprint density at radius 1 is 1.12 bits per heavy atom. The van der Waals surface area contributed by atoms with Crippen LogP contribution in [-0.2, 0) is 14.3 Å². The van der Waals surface area contributed by atoms with Crippen LogP contribution < -0.4 is 5.32 Å². The quantitative estimate of drug-likeness (QED) is 0.716. The molecule has 1 N–H and O–H groups in total. The van der Waals surface area contributed by atoms with Crippen molar-refractivity contribution in [1.82, 2.24) is 5.32 Å². The molecule has 0 aromatic rings. The smallest absolute Gasteiger partial charge is 0.309 e. The minimum Gasteiger partial charge on any atom is -0.469 e. The molecular formula is C22H35NO3. The Labute approximate surface area is 158 Å². The van der Waals surface area contributed by atoms with Crippen molar-refractivity contribution in [2.24, 2.45) is 34.5 Å². The zero-order valence-electron chi connectivity index (χ0n) is 17.0. The van der Waals surface area contributed by atoms with Crippen LogP contribution in [0.1, 0.15) is 66.2 Å². The molecule has 4 heteroatoms. The normalized spacial score (nSPS) is 46.0. The number of esters is 1. The predicted molar refractivity (Wildman–Crippen MR) is 102 cm³/mol. The average Bonchev–Trinajstić information content (AvgIpc) is 3.00. The van der Waals surface area contributed by atoms with E-state index >= 15 is 0 Å². The fourth-order valence-electron chi connectivity index (χ4n) is 6.86. The lowest BCUT2D eigenvalue weighted by atomic mass is 9.48. The molecule has 3 aliphatic carbocycles. The van der Waals surface area contributed by atoms with E-state index in [0.717, 1.165) is 32.1 Å². The third-order valence-corrected chi connectivity index (χ3v) is 8.17. The van der Waals surface area contributed by atoms with Crippen LogP contribution in [0.2, 0.25) is 0 Å². The van der Waals surface area contributed by atoms with Gasteiger partial charge in [0.1, 0.15) is 0 Å². The van der Waals surface area contributed by atoms with Crippen LogP contribution in [0.4, 0.5) is 0 Å². The summed E-state index contributed by atoms with van der Waals surface area (Å²) in [7, 11) is 1.52. The van der Waals surface area contributed by atoms with Gasteiger partial charge in [-0.15, -0.1) is 0 Å². The number of ether oxygens (including phenoxy) is 1. The number of rotatable bonds is 1. The molecule has 3 fully saturated rings. The lowest BCUT2D eigenvalue weighted by Crippen LogP contribution is -2.59. The number of carbonyl (C=O) groups excluding carboxylic acids is 2. The number of amides is 1. The second-order valence-corrected chi connectivity index (χ2v) is 8.91. The second kappa shape index (κ2) is 7.01. The maximum absolute atomic E-state index is 12.3. The molecule has 0 saturated heterocycles. The van der Waals surface area contributed by atoms with E-state index in [1.54, 1.807) is 6.08 Å². The highest BCUT2D eigenvalue weighted by Crippen LogP contribution is 2.65. The molecule has 0 radical (unpaired) electrons. The summed E-state index contributed by atoms with van der Waals surface area (Å²) in [5.74, 6) is 2.01. The number of nitrogens with one attached hydrogen (secondary N) is 1. The van der Waals surface area contributed by atoms with Crippen LogP contribution >= 0.6 is 0 Å². The van der Waals surface area contributed by atoms with Gasteiger partial charge in [-0.1, -0.05) is 33.8 Å². The zero-order chi connectivity index (χ0) is 19.1. The van der Waals surface area contributed by atoms with Crippen molar-refractivity contribution in [3.05, 3.63) is 12.2 Å². The van der Waals surface area contributed by atoms with E-state index in [1.807, 2.05) is 13.8 Å². The van der Waals surface area contributed by atoms with Crippen molar-refractivity contribution < 1.29 is 14.3 Å². The van der Waals surface area contributed by atoms with E-state index < -0.39 is 0 Å². The number of carbonyl (C=O) groups is 2. The average molecular weight is 362 g/mol. The van der Waals surface area contributed by atoms with E-state index in [9.17, 15) is 9.59 Å². The molecule has 146 valence electrons. The lowest BCUT2D eigenvalue weighted by molar-refractivity contribution is -0.153. The number of methoxy groups -OCH3 is 1. The summed E-state index contributed by atoms with van der Waals surface area (Å²) in [4.78, 5) is 24.0. The Balaban J connectivity index is 0.000000948. The van der Waals surface area contributed by atoms with Crippen LogP contribution in [0, 0.1) is 34.5 Å². The first kappa shape index (κ1) is 19.4. The maximum Gasteiger partial charge on any atom is 0.309 e. The summed E-state index contributed by atoms with van der Waals surface area (Å²) in [6.07, 6.45) is 10.5. The molecule has 0 aromatic carbocycles. The molecule has 0 aromatic heterocycles. The highest BCUT2D eigenvalue weighted by atomic mass is 16.5. The summed E-state index contributed by atoms with van der Waals surface area (Å²) >= 11 is 0. The largest absolute Gasteiger partial charge is 0.469 e. The number of hydrogen-bond donors (Lipinski definition) is 1.